The van der Waals surface area contributed by atoms with Crippen LogP contribution < -0.4 is 0 Å². The van der Waals surface area contributed by atoms with E-state index in [0.717, 1.165) is 11.1 Å². The van der Waals surface area contributed by atoms with Gasteiger partial charge in [0, 0.05) is 11.8 Å². The Balaban J connectivity index is 2.76. The predicted octanol–water partition coefficient (Wildman–Crippen LogP) is 10.2. The summed E-state index contributed by atoms with van der Waals surface area (Å²) in [5, 5.41) is 0. The zero-order valence-corrected chi connectivity index (χ0v) is 25.7. The van der Waals surface area contributed by atoms with Crippen LogP contribution in [-0.4, -0.2) is 0 Å². The Labute approximate surface area is 223 Å². The molecule has 0 spiro atoms. The molecule has 0 saturated carbocycles. The minimum atomic E-state index is -0.673. The maximum absolute atomic E-state index is 6.92. The van der Waals surface area contributed by atoms with Crippen molar-refractivity contribution in [2.24, 2.45) is 33.5 Å². The van der Waals surface area contributed by atoms with Gasteiger partial charge in [-0.05, 0) is 46.6 Å². The summed E-state index contributed by atoms with van der Waals surface area (Å²) in [4.78, 5) is 13.8. The smallest absolute Gasteiger partial charge is 0.129 e. The molecule has 0 N–H and O–H groups in total. The van der Waals surface area contributed by atoms with Gasteiger partial charge in [-0.25, -0.2) is 9.78 Å². The summed E-state index contributed by atoms with van der Waals surface area (Å²) in [6, 6.07) is 21.3. The van der Waals surface area contributed by atoms with E-state index >= 15 is 0 Å². The van der Waals surface area contributed by atoms with Crippen molar-refractivity contribution in [3.8, 4) is 0 Å². The van der Waals surface area contributed by atoms with Crippen molar-refractivity contribution in [1.82, 2.24) is 0 Å². The van der Waals surface area contributed by atoms with Gasteiger partial charge >= 0.3 is 0 Å². The fourth-order valence-electron chi connectivity index (χ4n) is 8.14. The van der Waals surface area contributed by atoms with Crippen LogP contribution in [0.15, 0.2) is 60.7 Å². The molecule has 202 valence electrons. The van der Waals surface area contributed by atoms with Gasteiger partial charge in [-0.2, -0.15) is 0 Å². The summed E-state index contributed by atoms with van der Waals surface area (Å²) in [5.41, 5.74) is 0.830. The van der Waals surface area contributed by atoms with Crippen LogP contribution in [0.3, 0.4) is 0 Å². The highest BCUT2D eigenvalue weighted by molar-refractivity contribution is 5.26. The Bertz CT molecular complexity index is 841. The first-order valence-corrected chi connectivity index (χ1v) is 13.6. The molecule has 2 atom stereocenters. The van der Waals surface area contributed by atoms with Gasteiger partial charge < -0.3 is 0 Å². The van der Waals surface area contributed by atoms with Crippen molar-refractivity contribution >= 4 is 0 Å². The standard InChI is InChI=1S/C34H54O2/c1-29(2,3)27(30(4,5)6)33(13,25-21-17-15-18-22-25)35-36-34(14,26-23-19-16-20-24-26)28(31(7,8)9)32(10,11)12/h15-24,27-28H,1-14H3. The van der Waals surface area contributed by atoms with Crippen LogP contribution in [0, 0.1) is 33.5 Å². The largest absolute Gasteiger partial charge is 0.224 e. The van der Waals surface area contributed by atoms with E-state index in [1.54, 1.807) is 0 Å². The lowest BCUT2D eigenvalue weighted by Gasteiger charge is -2.54. The molecule has 2 rings (SSSR count). The average Bonchev–Trinajstić information content (AvgIpc) is 2.69. The van der Waals surface area contributed by atoms with Crippen LogP contribution in [-0.2, 0) is 21.0 Å². The number of benzene rings is 2. The van der Waals surface area contributed by atoms with Gasteiger partial charge in [0.15, 0.2) is 0 Å². The minimum Gasteiger partial charge on any atom is -0.224 e. The highest BCUT2D eigenvalue weighted by atomic mass is 17.2. The van der Waals surface area contributed by atoms with Gasteiger partial charge in [0.1, 0.15) is 11.2 Å². The van der Waals surface area contributed by atoms with E-state index in [4.69, 9.17) is 9.78 Å². The van der Waals surface area contributed by atoms with Crippen LogP contribution >= 0.6 is 0 Å². The van der Waals surface area contributed by atoms with E-state index in [1.807, 2.05) is 0 Å². The predicted molar refractivity (Wildman–Crippen MR) is 155 cm³/mol. The summed E-state index contributed by atoms with van der Waals surface area (Å²) in [6.45, 7) is 32.2. The normalized spacial score (nSPS) is 17.2. The second-order valence-electron chi connectivity index (χ2n) is 15.4. The van der Waals surface area contributed by atoms with E-state index in [1.165, 1.54) is 0 Å². The molecule has 0 saturated heterocycles. The van der Waals surface area contributed by atoms with E-state index in [2.05, 4.69) is 158 Å². The zero-order valence-electron chi connectivity index (χ0n) is 25.7. The molecule has 2 heteroatoms. The molecule has 0 aliphatic heterocycles. The molecule has 2 aromatic rings. The molecule has 0 radical (unpaired) electrons. The molecule has 0 aliphatic carbocycles. The maximum atomic E-state index is 6.92. The zero-order chi connectivity index (χ0) is 27.8. The van der Waals surface area contributed by atoms with Gasteiger partial charge in [0.05, 0.1) is 0 Å². The van der Waals surface area contributed by atoms with Crippen molar-refractivity contribution < 1.29 is 9.78 Å². The molecule has 2 nitrogen and oxygen atoms in total. The Kier molecular flexibility index (Phi) is 8.71. The number of hydrogen-bond acceptors (Lipinski definition) is 2. The molecule has 0 fully saturated rings. The molecule has 2 unspecified atom stereocenters. The molecular weight excluding hydrogens is 440 g/mol. The molecule has 0 heterocycles. The SMILES string of the molecule is CC(C)(C)C(C(C)(C)C)C(C)(OOC(C)(c1ccccc1)C(C(C)(C)C)C(C)(C)C)c1ccccc1. The molecule has 0 bridgehead atoms. The monoisotopic (exact) mass is 494 g/mol. The summed E-state index contributed by atoms with van der Waals surface area (Å²) in [7, 11) is 0. The second-order valence-corrected chi connectivity index (χ2v) is 15.4. The summed E-state index contributed by atoms with van der Waals surface area (Å²) in [5.74, 6) is 0.338. The Morgan fingerprint density at radius 3 is 0.806 bits per heavy atom. The van der Waals surface area contributed by atoms with Gasteiger partial charge in [0.25, 0.3) is 0 Å². The quantitative estimate of drug-likeness (QED) is 0.281. The Morgan fingerprint density at radius 1 is 0.389 bits per heavy atom. The first-order valence-electron chi connectivity index (χ1n) is 13.6. The average molecular weight is 495 g/mol. The molecule has 2 aromatic carbocycles. The lowest BCUT2D eigenvalue weighted by atomic mass is 9.58. The summed E-state index contributed by atoms with van der Waals surface area (Å²) >= 11 is 0. The third-order valence-corrected chi connectivity index (χ3v) is 7.65. The third-order valence-electron chi connectivity index (χ3n) is 7.65. The Hall–Kier alpha value is -1.64. The molecule has 0 amide bonds. The van der Waals surface area contributed by atoms with Crippen LogP contribution in [0.4, 0.5) is 0 Å². The van der Waals surface area contributed by atoms with E-state index in [-0.39, 0.29) is 33.5 Å². The van der Waals surface area contributed by atoms with Crippen molar-refractivity contribution in [2.45, 2.75) is 108 Å². The fraction of sp³-hybridized carbons (Fsp3) is 0.647. The number of rotatable bonds is 7. The highest BCUT2D eigenvalue weighted by Crippen LogP contribution is 2.56. The van der Waals surface area contributed by atoms with Crippen molar-refractivity contribution in [3.05, 3.63) is 71.8 Å². The Morgan fingerprint density at radius 2 is 0.611 bits per heavy atom. The van der Waals surface area contributed by atoms with Gasteiger partial charge in [-0.1, -0.05) is 144 Å². The summed E-state index contributed by atoms with van der Waals surface area (Å²) < 4.78 is 0. The first kappa shape index (κ1) is 30.6. The highest BCUT2D eigenvalue weighted by Gasteiger charge is 2.55. The minimum absolute atomic E-state index is 0.0250. The molecular formula is C34H54O2. The summed E-state index contributed by atoms with van der Waals surface area (Å²) in [6.07, 6.45) is 0. The van der Waals surface area contributed by atoms with Crippen LogP contribution in [0.2, 0.25) is 0 Å². The lowest BCUT2D eigenvalue weighted by molar-refractivity contribution is -0.451. The van der Waals surface area contributed by atoms with Gasteiger partial charge in [-0.15, -0.1) is 0 Å². The van der Waals surface area contributed by atoms with Crippen LogP contribution in [0.25, 0.3) is 0 Å². The van der Waals surface area contributed by atoms with E-state index in [9.17, 15) is 0 Å². The van der Waals surface area contributed by atoms with Gasteiger partial charge in [-0.3, -0.25) is 0 Å². The maximum Gasteiger partial charge on any atom is 0.129 e. The van der Waals surface area contributed by atoms with Crippen molar-refractivity contribution in [3.63, 3.8) is 0 Å². The van der Waals surface area contributed by atoms with Crippen LogP contribution in [0.1, 0.15) is 108 Å². The van der Waals surface area contributed by atoms with Crippen LogP contribution in [0.5, 0.6) is 0 Å². The number of hydrogen-bond donors (Lipinski definition) is 0. The van der Waals surface area contributed by atoms with Crippen molar-refractivity contribution in [1.29, 1.82) is 0 Å². The first-order chi connectivity index (χ1) is 16.1. The third kappa shape index (κ3) is 6.62. The molecule has 0 aromatic heterocycles. The molecule has 36 heavy (non-hydrogen) atoms. The topological polar surface area (TPSA) is 18.5 Å². The molecule has 0 aliphatic rings. The van der Waals surface area contributed by atoms with Gasteiger partial charge in [0.2, 0.25) is 0 Å². The van der Waals surface area contributed by atoms with E-state index < -0.39 is 11.2 Å². The lowest BCUT2D eigenvalue weighted by Crippen LogP contribution is -2.53. The van der Waals surface area contributed by atoms with Crippen molar-refractivity contribution in [2.75, 3.05) is 0 Å². The second kappa shape index (κ2) is 10.3. The fourth-order valence-corrected chi connectivity index (χ4v) is 8.14. The van der Waals surface area contributed by atoms with E-state index in [0.29, 0.717) is 0 Å².